The first kappa shape index (κ1) is 12.8. The second-order valence-corrected chi connectivity index (χ2v) is 3.86. The van der Waals surface area contributed by atoms with Gasteiger partial charge in [-0.25, -0.2) is 4.79 Å². The molecule has 0 radical (unpaired) electrons. The molecule has 0 fully saturated rings. The van der Waals surface area contributed by atoms with Gasteiger partial charge in [-0.2, -0.15) is 0 Å². The molecular weight excluding hydrogens is 250 g/mol. The van der Waals surface area contributed by atoms with E-state index in [0.29, 0.717) is 4.73 Å². The van der Waals surface area contributed by atoms with Gasteiger partial charge in [-0.1, -0.05) is 30.3 Å². The summed E-state index contributed by atoms with van der Waals surface area (Å²) < 4.78 is 5.58. The van der Waals surface area contributed by atoms with Crippen LogP contribution in [0.3, 0.4) is 0 Å². The molecule has 6 heteroatoms. The molecular formula is C13H13NO5. The second kappa shape index (κ2) is 5.34. The highest BCUT2D eigenvalue weighted by Gasteiger charge is 2.16. The van der Waals surface area contributed by atoms with Crippen molar-refractivity contribution in [3.05, 3.63) is 48.0 Å². The van der Waals surface area contributed by atoms with Crippen LogP contribution in [-0.4, -0.2) is 21.1 Å². The summed E-state index contributed by atoms with van der Waals surface area (Å²) in [6.45, 7) is 1.69. The number of hydrogen-bond acceptors (Lipinski definition) is 5. The zero-order valence-electron chi connectivity index (χ0n) is 10.2. The minimum atomic E-state index is -1.03. The molecule has 0 aliphatic heterocycles. The Morgan fingerprint density at radius 2 is 1.68 bits per heavy atom. The highest BCUT2D eigenvalue weighted by atomic mass is 16.8. The van der Waals surface area contributed by atoms with Crippen LogP contribution in [0.5, 0.6) is 11.8 Å². The standard InChI is InChI=1S/C13H13NO5/c1-9(10-5-3-2-4-6-10)18-13(17)19-14-11(15)7-8-12(14)16/h2-9,15-16H,1H3/t9-/m1/s1. The van der Waals surface area contributed by atoms with E-state index in [-0.39, 0.29) is 0 Å². The third kappa shape index (κ3) is 2.98. The summed E-state index contributed by atoms with van der Waals surface area (Å²) in [5.74, 6) is -0.802. The van der Waals surface area contributed by atoms with Gasteiger partial charge in [0, 0.05) is 12.1 Å². The Labute approximate surface area is 109 Å². The summed E-state index contributed by atoms with van der Waals surface area (Å²) in [6, 6.07) is 11.5. The van der Waals surface area contributed by atoms with E-state index in [2.05, 4.69) is 4.84 Å². The molecule has 100 valence electrons. The van der Waals surface area contributed by atoms with Crippen LogP contribution < -0.4 is 4.84 Å². The largest absolute Gasteiger partial charge is 0.534 e. The molecule has 1 aromatic carbocycles. The minimum Gasteiger partial charge on any atom is -0.492 e. The minimum absolute atomic E-state index is 0.401. The van der Waals surface area contributed by atoms with E-state index in [0.717, 1.165) is 5.56 Å². The van der Waals surface area contributed by atoms with Crippen LogP contribution in [-0.2, 0) is 4.74 Å². The molecule has 6 nitrogen and oxygen atoms in total. The average molecular weight is 263 g/mol. The molecule has 19 heavy (non-hydrogen) atoms. The SMILES string of the molecule is C[C@@H](OC(=O)On1c(O)ccc1O)c1ccccc1. The van der Waals surface area contributed by atoms with Gasteiger partial charge in [-0.15, -0.1) is 4.73 Å². The normalized spacial score (nSPS) is 11.8. The number of nitrogens with zero attached hydrogens (tertiary/aromatic N) is 1. The first-order chi connectivity index (χ1) is 9.08. The van der Waals surface area contributed by atoms with Gasteiger partial charge in [-0.3, -0.25) is 4.84 Å². The van der Waals surface area contributed by atoms with E-state index in [4.69, 9.17) is 4.74 Å². The lowest BCUT2D eigenvalue weighted by molar-refractivity contribution is 0.0134. The molecule has 0 unspecified atom stereocenters. The Kier molecular flexibility index (Phi) is 3.61. The lowest BCUT2D eigenvalue weighted by Gasteiger charge is -2.13. The average Bonchev–Trinajstić information content (AvgIpc) is 2.71. The summed E-state index contributed by atoms with van der Waals surface area (Å²) in [6.07, 6.45) is -1.54. The molecule has 0 saturated heterocycles. The van der Waals surface area contributed by atoms with Crippen molar-refractivity contribution >= 4 is 6.16 Å². The van der Waals surface area contributed by atoms with Crippen molar-refractivity contribution in [2.75, 3.05) is 0 Å². The van der Waals surface area contributed by atoms with Crippen LogP contribution in [0.15, 0.2) is 42.5 Å². The van der Waals surface area contributed by atoms with Crippen LogP contribution in [0, 0.1) is 0 Å². The third-order valence-electron chi connectivity index (χ3n) is 2.51. The fourth-order valence-corrected chi connectivity index (χ4v) is 1.53. The van der Waals surface area contributed by atoms with Gasteiger partial charge >= 0.3 is 6.16 Å². The Balaban J connectivity index is 1.99. The predicted octanol–water partition coefficient (Wildman–Crippen LogP) is 2.23. The van der Waals surface area contributed by atoms with E-state index < -0.39 is 24.0 Å². The maximum absolute atomic E-state index is 11.5. The molecule has 2 N–H and O–H groups in total. The van der Waals surface area contributed by atoms with Crippen molar-refractivity contribution in [3.63, 3.8) is 0 Å². The van der Waals surface area contributed by atoms with Gasteiger partial charge in [0.25, 0.3) is 0 Å². The molecule has 1 heterocycles. The molecule has 0 aliphatic carbocycles. The number of benzene rings is 1. The van der Waals surface area contributed by atoms with Gasteiger partial charge in [0.05, 0.1) is 0 Å². The summed E-state index contributed by atoms with van der Waals surface area (Å²) >= 11 is 0. The molecule has 0 bridgehead atoms. The van der Waals surface area contributed by atoms with Crippen molar-refractivity contribution in [3.8, 4) is 11.8 Å². The topological polar surface area (TPSA) is 80.9 Å². The molecule has 0 amide bonds. The molecule has 2 rings (SSSR count). The molecule has 2 aromatic rings. The van der Waals surface area contributed by atoms with Crippen LogP contribution >= 0.6 is 0 Å². The molecule has 0 saturated carbocycles. The highest BCUT2D eigenvalue weighted by molar-refractivity contribution is 5.61. The predicted molar refractivity (Wildman–Crippen MR) is 65.7 cm³/mol. The first-order valence-corrected chi connectivity index (χ1v) is 5.61. The van der Waals surface area contributed by atoms with Gasteiger partial charge in [0.2, 0.25) is 11.8 Å². The Morgan fingerprint density at radius 3 is 2.26 bits per heavy atom. The van der Waals surface area contributed by atoms with Gasteiger partial charge < -0.3 is 14.9 Å². The summed E-state index contributed by atoms with van der Waals surface area (Å²) in [7, 11) is 0. The van der Waals surface area contributed by atoms with E-state index in [1.165, 1.54) is 12.1 Å². The number of carbonyl (C=O) groups is 1. The maximum Gasteiger partial charge on any atom is 0.534 e. The zero-order chi connectivity index (χ0) is 13.8. The van der Waals surface area contributed by atoms with Crippen LogP contribution in [0.2, 0.25) is 0 Å². The van der Waals surface area contributed by atoms with Gasteiger partial charge in [0.15, 0.2) is 0 Å². The van der Waals surface area contributed by atoms with E-state index >= 15 is 0 Å². The highest BCUT2D eigenvalue weighted by Crippen LogP contribution is 2.20. The van der Waals surface area contributed by atoms with Gasteiger partial charge in [-0.05, 0) is 12.5 Å². The van der Waals surface area contributed by atoms with Crippen LogP contribution in [0.4, 0.5) is 4.79 Å². The zero-order valence-corrected chi connectivity index (χ0v) is 10.2. The molecule has 0 spiro atoms. The Bertz CT molecular complexity index is 544. The fraction of sp³-hybridized carbons (Fsp3) is 0.154. The maximum atomic E-state index is 11.5. The summed E-state index contributed by atoms with van der Waals surface area (Å²) in [5.41, 5.74) is 0.806. The van der Waals surface area contributed by atoms with E-state index in [9.17, 15) is 15.0 Å². The quantitative estimate of drug-likeness (QED) is 0.830. The molecule has 0 aliphatic rings. The van der Waals surface area contributed by atoms with E-state index in [1.807, 2.05) is 30.3 Å². The Morgan fingerprint density at radius 1 is 1.11 bits per heavy atom. The van der Waals surface area contributed by atoms with Crippen molar-refractivity contribution in [2.24, 2.45) is 0 Å². The summed E-state index contributed by atoms with van der Waals surface area (Å²) in [5, 5.41) is 18.6. The number of rotatable bonds is 3. The van der Waals surface area contributed by atoms with Crippen molar-refractivity contribution in [1.82, 2.24) is 4.73 Å². The number of hydrogen-bond donors (Lipinski definition) is 2. The number of carbonyl (C=O) groups excluding carboxylic acids is 1. The number of aromatic nitrogens is 1. The van der Waals surface area contributed by atoms with Crippen LogP contribution in [0.1, 0.15) is 18.6 Å². The third-order valence-corrected chi connectivity index (χ3v) is 2.51. The van der Waals surface area contributed by atoms with E-state index in [1.54, 1.807) is 6.92 Å². The number of ether oxygens (including phenoxy) is 1. The smallest absolute Gasteiger partial charge is 0.492 e. The van der Waals surface area contributed by atoms with Crippen molar-refractivity contribution in [1.29, 1.82) is 0 Å². The lowest BCUT2D eigenvalue weighted by atomic mass is 10.1. The fourth-order valence-electron chi connectivity index (χ4n) is 1.53. The van der Waals surface area contributed by atoms with Crippen molar-refractivity contribution in [2.45, 2.75) is 13.0 Å². The van der Waals surface area contributed by atoms with Crippen molar-refractivity contribution < 1.29 is 24.6 Å². The lowest BCUT2D eigenvalue weighted by Crippen LogP contribution is -2.21. The summed E-state index contributed by atoms with van der Waals surface area (Å²) in [4.78, 5) is 16.2. The van der Waals surface area contributed by atoms with Gasteiger partial charge in [0.1, 0.15) is 6.10 Å². The molecule has 1 aromatic heterocycles. The Hall–Kier alpha value is -2.63. The number of aromatic hydroxyl groups is 2. The molecule has 1 atom stereocenters. The second-order valence-electron chi connectivity index (χ2n) is 3.86. The van der Waals surface area contributed by atoms with Crippen LogP contribution in [0.25, 0.3) is 0 Å². The monoisotopic (exact) mass is 263 g/mol. The first-order valence-electron chi connectivity index (χ1n) is 5.61.